The Morgan fingerprint density at radius 2 is 1.48 bits per heavy atom. The van der Waals surface area contributed by atoms with Gasteiger partial charge in [0.15, 0.2) is 6.61 Å². The van der Waals surface area contributed by atoms with E-state index in [0.29, 0.717) is 29.6 Å². The highest BCUT2D eigenvalue weighted by atomic mass is 16.5. The van der Waals surface area contributed by atoms with Crippen LogP contribution in [0, 0.1) is 0 Å². The van der Waals surface area contributed by atoms with Crippen molar-refractivity contribution in [1.82, 2.24) is 10.9 Å². The van der Waals surface area contributed by atoms with Crippen molar-refractivity contribution in [3.05, 3.63) is 95.6 Å². The minimum absolute atomic E-state index is 0.215. The molecule has 6 nitrogen and oxygen atoms in total. The Bertz CT molecular complexity index is 1000. The van der Waals surface area contributed by atoms with E-state index in [-0.39, 0.29) is 6.61 Å². The molecule has 0 saturated heterocycles. The van der Waals surface area contributed by atoms with Crippen molar-refractivity contribution in [1.29, 1.82) is 0 Å². The zero-order valence-electron chi connectivity index (χ0n) is 17.6. The minimum Gasteiger partial charge on any atom is -0.488 e. The zero-order chi connectivity index (χ0) is 22.1. The molecule has 31 heavy (non-hydrogen) atoms. The summed E-state index contributed by atoms with van der Waals surface area (Å²) in [5.41, 5.74) is 7.27. The van der Waals surface area contributed by atoms with Crippen molar-refractivity contribution in [3.63, 3.8) is 0 Å². The van der Waals surface area contributed by atoms with E-state index >= 15 is 0 Å². The van der Waals surface area contributed by atoms with Gasteiger partial charge in [-0.1, -0.05) is 68.4 Å². The van der Waals surface area contributed by atoms with Crippen LogP contribution in [0.4, 0.5) is 0 Å². The third-order valence-corrected chi connectivity index (χ3v) is 4.60. The molecule has 0 aliphatic carbocycles. The molecule has 0 fully saturated rings. The summed E-state index contributed by atoms with van der Waals surface area (Å²) in [4.78, 5) is 24.6. The first kappa shape index (κ1) is 21.9. The summed E-state index contributed by atoms with van der Waals surface area (Å²) >= 11 is 0. The van der Waals surface area contributed by atoms with Gasteiger partial charge in [-0.05, 0) is 41.3 Å². The van der Waals surface area contributed by atoms with E-state index in [1.54, 1.807) is 24.3 Å². The largest absolute Gasteiger partial charge is 0.488 e. The third-order valence-electron chi connectivity index (χ3n) is 4.60. The van der Waals surface area contributed by atoms with Crippen LogP contribution >= 0.6 is 0 Å². The lowest BCUT2D eigenvalue weighted by atomic mass is 10.0. The number of rotatable bonds is 8. The number of amides is 2. The lowest BCUT2D eigenvalue weighted by Crippen LogP contribution is -2.43. The maximum absolute atomic E-state index is 12.5. The predicted octanol–water partition coefficient (Wildman–Crippen LogP) is 4.23. The third kappa shape index (κ3) is 6.60. The standard InChI is InChI=1S/C25H26N2O4/c1-18(2)20-12-14-21(15-13-20)30-17-24(28)26-27-25(29)22-10-6-7-11-23(22)31-16-19-8-4-3-5-9-19/h3-15,18H,16-17H2,1-2H3,(H,26,28)(H,27,29). The second-order valence-electron chi connectivity index (χ2n) is 7.29. The maximum atomic E-state index is 12.5. The average molecular weight is 418 g/mol. The van der Waals surface area contributed by atoms with E-state index in [4.69, 9.17) is 9.47 Å². The first-order valence-corrected chi connectivity index (χ1v) is 10.1. The van der Waals surface area contributed by atoms with Crippen molar-refractivity contribution < 1.29 is 19.1 Å². The SMILES string of the molecule is CC(C)c1ccc(OCC(=O)NNC(=O)c2ccccc2OCc2ccccc2)cc1. The summed E-state index contributed by atoms with van der Waals surface area (Å²) < 4.78 is 11.2. The Kier molecular flexibility index (Phi) is 7.65. The number of para-hydroxylation sites is 1. The van der Waals surface area contributed by atoms with E-state index in [1.165, 1.54) is 5.56 Å². The topological polar surface area (TPSA) is 76.7 Å². The summed E-state index contributed by atoms with van der Waals surface area (Å²) in [5, 5.41) is 0. The molecular weight excluding hydrogens is 392 g/mol. The molecule has 3 aromatic carbocycles. The van der Waals surface area contributed by atoms with Crippen molar-refractivity contribution in [2.75, 3.05) is 6.61 Å². The molecule has 160 valence electrons. The molecule has 0 heterocycles. The van der Waals surface area contributed by atoms with Gasteiger partial charge in [-0.3, -0.25) is 20.4 Å². The van der Waals surface area contributed by atoms with Gasteiger partial charge in [-0.15, -0.1) is 0 Å². The number of benzene rings is 3. The molecular formula is C25H26N2O4. The van der Waals surface area contributed by atoms with Gasteiger partial charge in [-0.25, -0.2) is 0 Å². The van der Waals surface area contributed by atoms with Crippen molar-refractivity contribution in [2.45, 2.75) is 26.4 Å². The molecule has 6 heteroatoms. The summed E-state index contributed by atoms with van der Waals surface area (Å²) in [5.74, 6) is 0.500. The van der Waals surface area contributed by atoms with Gasteiger partial charge < -0.3 is 9.47 Å². The number of nitrogens with one attached hydrogen (secondary N) is 2. The van der Waals surface area contributed by atoms with Gasteiger partial charge in [0.1, 0.15) is 18.1 Å². The maximum Gasteiger partial charge on any atom is 0.276 e. The fourth-order valence-electron chi connectivity index (χ4n) is 2.84. The fourth-order valence-corrected chi connectivity index (χ4v) is 2.84. The van der Waals surface area contributed by atoms with Gasteiger partial charge in [0.05, 0.1) is 5.56 Å². The van der Waals surface area contributed by atoms with Crippen LogP contribution in [0.25, 0.3) is 0 Å². The highest BCUT2D eigenvalue weighted by Crippen LogP contribution is 2.20. The van der Waals surface area contributed by atoms with E-state index in [0.717, 1.165) is 5.56 Å². The van der Waals surface area contributed by atoms with Crippen LogP contribution in [0.3, 0.4) is 0 Å². The average Bonchev–Trinajstić information content (AvgIpc) is 2.81. The van der Waals surface area contributed by atoms with Gasteiger partial charge in [0, 0.05) is 0 Å². The minimum atomic E-state index is -0.474. The Hall–Kier alpha value is -3.80. The number of hydrogen-bond acceptors (Lipinski definition) is 4. The van der Waals surface area contributed by atoms with Gasteiger partial charge in [-0.2, -0.15) is 0 Å². The molecule has 0 atom stereocenters. The lowest BCUT2D eigenvalue weighted by Gasteiger charge is -2.13. The molecule has 0 bridgehead atoms. The molecule has 3 aromatic rings. The van der Waals surface area contributed by atoms with Crippen LogP contribution in [-0.2, 0) is 11.4 Å². The molecule has 0 saturated carbocycles. The van der Waals surface area contributed by atoms with Crippen LogP contribution in [-0.4, -0.2) is 18.4 Å². The highest BCUT2D eigenvalue weighted by molar-refractivity contribution is 5.97. The predicted molar refractivity (Wildman–Crippen MR) is 119 cm³/mol. The first-order valence-electron chi connectivity index (χ1n) is 10.1. The smallest absolute Gasteiger partial charge is 0.276 e. The number of carbonyl (C=O) groups excluding carboxylic acids is 2. The van der Waals surface area contributed by atoms with Crippen molar-refractivity contribution >= 4 is 11.8 Å². The van der Waals surface area contributed by atoms with Crippen LogP contribution in [0.5, 0.6) is 11.5 Å². The number of hydrogen-bond donors (Lipinski definition) is 2. The molecule has 0 unspecified atom stereocenters. The van der Waals surface area contributed by atoms with Gasteiger partial charge >= 0.3 is 0 Å². The Labute approximate surface area is 182 Å². The second-order valence-corrected chi connectivity index (χ2v) is 7.29. The number of carbonyl (C=O) groups is 2. The molecule has 0 aliphatic rings. The number of ether oxygens (including phenoxy) is 2. The van der Waals surface area contributed by atoms with Gasteiger partial charge in [0.2, 0.25) is 0 Å². The van der Waals surface area contributed by atoms with Crippen LogP contribution < -0.4 is 20.3 Å². The lowest BCUT2D eigenvalue weighted by molar-refractivity contribution is -0.123. The first-order chi connectivity index (χ1) is 15.0. The van der Waals surface area contributed by atoms with Crippen LogP contribution in [0.15, 0.2) is 78.9 Å². The number of hydrazine groups is 1. The molecule has 2 amide bonds. The molecule has 0 spiro atoms. The van der Waals surface area contributed by atoms with Crippen LogP contribution in [0.1, 0.15) is 41.3 Å². The summed E-state index contributed by atoms with van der Waals surface area (Å²) in [6.45, 7) is 4.34. The molecule has 3 rings (SSSR count). The molecule has 0 aromatic heterocycles. The summed E-state index contributed by atoms with van der Waals surface area (Å²) in [6.07, 6.45) is 0. The Morgan fingerprint density at radius 1 is 0.806 bits per heavy atom. The van der Waals surface area contributed by atoms with E-state index in [9.17, 15) is 9.59 Å². The van der Waals surface area contributed by atoms with E-state index in [1.807, 2.05) is 54.6 Å². The fraction of sp³-hybridized carbons (Fsp3) is 0.200. The normalized spacial score (nSPS) is 10.4. The monoisotopic (exact) mass is 418 g/mol. The quantitative estimate of drug-likeness (QED) is 0.537. The summed E-state index contributed by atoms with van der Waals surface area (Å²) in [6, 6.07) is 24.1. The molecule has 0 radical (unpaired) electrons. The second kappa shape index (κ2) is 10.8. The Morgan fingerprint density at radius 3 is 2.19 bits per heavy atom. The molecule has 0 aliphatic heterocycles. The van der Waals surface area contributed by atoms with E-state index < -0.39 is 11.8 Å². The Balaban J connectivity index is 1.49. The highest BCUT2D eigenvalue weighted by Gasteiger charge is 2.13. The van der Waals surface area contributed by atoms with Crippen LogP contribution in [0.2, 0.25) is 0 Å². The summed E-state index contributed by atoms with van der Waals surface area (Å²) in [7, 11) is 0. The van der Waals surface area contributed by atoms with E-state index in [2.05, 4.69) is 24.7 Å². The molecule has 2 N–H and O–H groups in total. The van der Waals surface area contributed by atoms with Crippen molar-refractivity contribution in [3.8, 4) is 11.5 Å². The zero-order valence-corrected chi connectivity index (χ0v) is 17.6. The van der Waals surface area contributed by atoms with Crippen molar-refractivity contribution in [2.24, 2.45) is 0 Å². The van der Waals surface area contributed by atoms with Gasteiger partial charge in [0.25, 0.3) is 11.8 Å².